The van der Waals surface area contributed by atoms with Gasteiger partial charge in [-0.2, -0.15) is 5.26 Å². The third-order valence-corrected chi connectivity index (χ3v) is 6.18. The number of nitrogens with zero attached hydrogens (tertiary/aromatic N) is 5. The number of thioether (sulfide) groups is 1. The Kier molecular flexibility index (Phi) is 5.38. The number of nitrogens with one attached hydrogen (secondary N) is 1. The maximum absolute atomic E-state index is 12.4. The Hall–Kier alpha value is -2.74. The van der Waals surface area contributed by atoms with Gasteiger partial charge in [0, 0.05) is 24.2 Å². The van der Waals surface area contributed by atoms with Crippen molar-refractivity contribution in [1.82, 2.24) is 20.1 Å². The summed E-state index contributed by atoms with van der Waals surface area (Å²) in [6.45, 7) is 1.72. The molecule has 8 nitrogen and oxygen atoms in total. The molecule has 142 valence electrons. The maximum Gasteiger partial charge on any atom is 0.277 e. The predicted octanol–water partition coefficient (Wildman–Crippen LogP) is 2.78. The van der Waals surface area contributed by atoms with Crippen molar-refractivity contribution in [3.05, 3.63) is 40.4 Å². The normalized spacial score (nSPS) is 13.7. The Labute approximate surface area is 169 Å². The van der Waals surface area contributed by atoms with Crippen molar-refractivity contribution in [2.24, 2.45) is 0 Å². The fraction of sp³-hybridized carbons (Fsp3) is 0.278. The molecule has 3 aromatic rings. The van der Waals surface area contributed by atoms with E-state index in [1.807, 2.05) is 13.1 Å². The van der Waals surface area contributed by atoms with Gasteiger partial charge in [0.1, 0.15) is 16.8 Å². The molecule has 1 aliphatic rings. The van der Waals surface area contributed by atoms with Crippen LogP contribution in [0.1, 0.15) is 16.0 Å². The number of hydrogen-bond acceptors (Lipinski definition) is 9. The number of carbonyl (C=O) groups is 1. The number of fused-ring (bicyclic) bond motifs is 1. The second-order valence-corrected chi connectivity index (χ2v) is 8.26. The van der Waals surface area contributed by atoms with Gasteiger partial charge in [0.25, 0.3) is 11.1 Å². The van der Waals surface area contributed by atoms with Crippen molar-refractivity contribution in [2.75, 3.05) is 24.7 Å². The molecule has 0 unspecified atom stereocenters. The van der Waals surface area contributed by atoms with Crippen LogP contribution >= 0.6 is 23.1 Å². The van der Waals surface area contributed by atoms with Gasteiger partial charge in [-0.1, -0.05) is 17.8 Å². The van der Waals surface area contributed by atoms with Crippen molar-refractivity contribution in [3.8, 4) is 17.7 Å². The predicted molar refractivity (Wildman–Crippen MR) is 106 cm³/mol. The van der Waals surface area contributed by atoms with Crippen LogP contribution in [-0.4, -0.2) is 45.3 Å². The number of aromatic nitrogens is 3. The first-order valence-corrected chi connectivity index (χ1v) is 10.3. The van der Waals surface area contributed by atoms with Crippen LogP contribution in [0, 0.1) is 11.3 Å². The van der Waals surface area contributed by atoms with Gasteiger partial charge in [0.2, 0.25) is 5.91 Å². The molecule has 0 aromatic carbocycles. The lowest BCUT2D eigenvalue weighted by Crippen LogP contribution is -2.25. The quantitative estimate of drug-likeness (QED) is 0.637. The molecule has 0 atom stereocenters. The topological polar surface area (TPSA) is 108 Å². The molecule has 0 bridgehead atoms. The number of pyridine rings is 1. The molecule has 4 rings (SSSR count). The second kappa shape index (κ2) is 8.10. The first-order valence-electron chi connectivity index (χ1n) is 8.55. The maximum atomic E-state index is 12.4. The van der Waals surface area contributed by atoms with Crippen molar-refractivity contribution in [2.45, 2.75) is 18.2 Å². The van der Waals surface area contributed by atoms with Crippen LogP contribution < -0.4 is 5.32 Å². The van der Waals surface area contributed by atoms with Gasteiger partial charge in [-0.05, 0) is 31.2 Å². The summed E-state index contributed by atoms with van der Waals surface area (Å²) in [5.74, 6) is 0.202. The molecule has 0 aliphatic carbocycles. The molecule has 10 heteroatoms. The molecule has 28 heavy (non-hydrogen) atoms. The number of anilines is 1. The summed E-state index contributed by atoms with van der Waals surface area (Å²) in [4.78, 5) is 19.9. The molecule has 0 saturated carbocycles. The highest BCUT2D eigenvalue weighted by Crippen LogP contribution is 2.36. The molecule has 0 spiro atoms. The SMILES string of the molecule is CN1CCc2c(sc(NC(=O)CSc3nnc(-c4ccccn4)o3)c2C#N)C1. The number of nitriles is 1. The minimum absolute atomic E-state index is 0.108. The van der Waals surface area contributed by atoms with E-state index in [0.29, 0.717) is 27.4 Å². The van der Waals surface area contributed by atoms with Crippen LogP contribution in [0.2, 0.25) is 0 Å². The first-order chi connectivity index (χ1) is 13.6. The Balaban J connectivity index is 1.39. The van der Waals surface area contributed by atoms with Crippen molar-refractivity contribution < 1.29 is 9.21 Å². The summed E-state index contributed by atoms with van der Waals surface area (Å²) in [6, 6.07) is 7.65. The molecule has 0 radical (unpaired) electrons. The summed E-state index contributed by atoms with van der Waals surface area (Å²) in [7, 11) is 2.05. The third-order valence-electron chi connectivity index (χ3n) is 4.23. The second-order valence-electron chi connectivity index (χ2n) is 6.23. The Morgan fingerprint density at radius 2 is 2.36 bits per heavy atom. The average molecular weight is 413 g/mol. The van der Waals surface area contributed by atoms with Crippen LogP contribution in [-0.2, 0) is 17.8 Å². The largest absolute Gasteiger partial charge is 0.410 e. The summed E-state index contributed by atoms with van der Waals surface area (Å²) >= 11 is 2.62. The Morgan fingerprint density at radius 3 is 3.14 bits per heavy atom. The van der Waals surface area contributed by atoms with E-state index in [4.69, 9.17) is 4.42 Å². The van der Waals surface area contributed by atoms with Crippen LogP contribution in [0.5, 0.6) is 0 Å². The highest BCUT2D eigenvalue weighted by Gasteiger charge is 2.24. The number of carbonyl (C=O) groups excluding carboxylic acids is 1. The van der Waals surface area contributed by atoms with Gasteiger partial charge >= 0.3 is 0 Å². The summed E-state index contributed by atoms with van der Waals surface area (Å²) < 4.78 is 5.54. The summed E-state index contributed by atoms with van der Waals surface area (Å²) in [5, 5.41) is 21.2. The average Bonchev–Trinajstić information content (AvgIpc) is 3.31. The first kappa shape index (κ1) is 18.6. The lowest BCUT2D eigenvalue weighted by molar-refractivity contribution is -0.113. The summed E-state index contributed by atoms with van der Waals surface area (Å²) in [6.07, 6.45) is 2.47. The van der Waals surface area contributed by atoms with Crippen molar-refractivity contribution in [1.29, 1.82) is 5.26 Å². The zero-order valence-electron chi connectivity index (χ0n) is 15.0. The molecule has 1 amide bonds. The van der Waals surface area contributed by atoms with Crippen LogP contribution in [0.25, 0.3) is 11.6 Å². The monoisotopic (exact) mass is 412 g/mol. The van der Waals surface area contributed by atoms with Gasteiger partial charge < -0.3 is 14.6 Å². The van der Waals surface area contributed by atoms with E-state index in [-0.39, 0.29) is 11.7 Å². The number of likely N-dealkylation sites (N-methyl/N-ethyl adjacent to an activating group) is 1. The number of thiophene rings is 1. The van der Waals surface area contributed by atoms with Crippen molar-refractivity contribution >= 4 is 34.0 Å². The molecule has 1 N–H and O–H groups in total. The van der Waals surface area contributed by atoms with Gasteiger partial charge in [0.05, 0.1) is 11.3 Å². The summed E-state index contributed by atoms with van der Waals surface area (Å²) in [5.41, 5.74) is 2.23. The van der Waals surface area contributed by atoms with Crippen LogP contribution in [0.4, 0.5) is 5.00 Å². The molecular formula is C18H16N6O2S2. The van der Waals surface area contributed by atoms with Crippen molar-refractivity contribution in [3.63, 3.8) is 0 Å². The van der Waals surface area contributed by atoms with E-state index in [0.717, 1.165) is 41.7 Å². The van der Waals surface area contributed by atoms with E-state index >= 15 is 0 Å². The van der Waals surface area contributed by atoms with Gasteiger partial charge in [-0.15, -0.1) is 21.5 Å². The van der Waals surface area contributed by atoms with E-state index in [9.17, 15) is 10.1 Å². The van der Waals surface area contributed by atoms with E-state index in [2.05, 4.69) is 31.5 Å². The van der Waals surface area contributed by atoms with Gasteiger partial charge in [-0.3, -0.25) is 9.78 Å². The van der Waals surface area contributed by atoms with E-state index < -0.39 is 0 Å². The molecule has 0 saturated heterocycles. The number of rotatable bonds is 5. The van der Waals surface area contributed by atoms with Crippen LogP contribution in [0.15, 0.2) is 34.0 Å². The number of amides is 1. The molecule has 4 heterocycles. The van der Waals surface area contributed by atoms with E-state index in [1.165, 1.54) is 11.3 Å². The lowest BCUT2D eigenvalue weighted by Gasteiger charge is -2.21. The fourth-order valence-corrected chi connectivity index (χ4v) is 4.75. The van der Waals surface area contributed by atoms with Crippen LogP contribution in [0.3, 0.4) is 0 Å². The minimum Gasteiger partial charge on any atom is -0.410 e. The fourth-order valence-electron chi connectivity index (χ4n) is 2.89. The Morgan fingerprint density at radius 1 is 1.46 bits per heavy atom. The molecule has 0 fully saturated rings. The highest BCUT2D eigenvalue weighted by molar-refractivity contribution is 7.99. The lowest BCUT2D eigenvalue weighted by atomic mass is 10.0. The zero-order chi connectivity index (χ0) is 19.5. The van der Waals surface area contributed by atoms with Gasteiger partial charge in [0.15, 0.2) is 0 Å². The standard InChI is InChI=1S/C18H16N6O2S2/c1-24-7-5-11-12(8-19)17(28-14(11)9-24)21-15(25)10-27-18-23-22-16(26-18)13-4-2-3-6-20-13/h2-4,6H,5,7,9-10H2,1H3,(H,21,25). The number of hydrogen-bond donors (Lipinski definition) is 1. The van der Waals surface area contributed by atoms with E-state index in [1.54, 1.807) is 18.3 Å². The highest BCUT2D eigenvalue weighted by atomic mass is 32.2. The third kappa shape index (κ3) is 3.91. The smallest absolute Gasteiger partial charge is 0.277 e. The Bertz CT molecular complexity index is 1040. The zero-order valence-corrected chi connectivity index (χ0v) is 16.6. The minimum atomic E-state index is -0.217. The molecule has 3 aromatic heterocycles. The molecule has 1 aliphatic heterocycles. The van der Waals surface area contributed by atoms with Gasteiger partial charge in [-0.25, -0.2) is 0 Å². The molecular weight excluding hydrogens is 396 g/mol.